The number of aliphatic hydroxyl groups excluding tert-OH is 1. The Morgan fingerprint density at radius 3 is 3.06 bits per heavy atom. The highest BCUT2D eigenvalue weighted by Gasteiger charge is 2.05. The number of hydrogen-bond acceptors (Lipinski definition) is 4. The first-order valence-corrected chi connectivity index (χ1v) is 6.61. The second kappa shape index (κ2) is 8.56. The number of pyridine rings is 1. The molecule has 0 radical (unpaired) electrons. The van der Waals surface area contributed by atoms with Gasteiger partial charge in [0.1, 0.15) is 0 Å². The summed E-state index contributed by atoms with van der Waals surface area (Å²) in [4.78, 5) is 4.17. The quantitative estimate of drug-likeness (QED) is 0.560. The van der Waals surface area contributed by atoms with Crippen molar-refractivity contribution in [1.82, 2.24) is 4.98 Å². The predicted octanol–water partition coefficient (Wildman–Crippen LogP) is 2.35. The molecule has 0 unspecified atom stereocenters. The number of hydrogen-bond donors (Lipinski definition) is 1. The van der Waals surface area contributed by atoms with Crippen LogP contribution in [-0.2, 0) is 4.74 Å². The number of ether oxygens (including phenoxy) is 1. The van der Waals surface area contributed by atoms with Crippen LogP contribution in [0.15, 0.2) is 29.4 Å². The largest absolute Gasteiger partial charge is 0.390 e. The average molecular weight is 241 g/mol. The van der Waals surface area contributed by atoms with Crippen LogP contribution in [0.3, 0.4) is 0 Å². The van der Waals surface area contributed by atoms with Crippen LogP contribution >= 0.6 is 11.8 Å². The second-order valence-corrected chi connectivity index (χ2v) is 4.60. The topological polar surface area (TPSA) is 42.4 Å². The molecular weight excluding hydrogens is 222 g/mol. The molecule has 0 amide bonds. The van der Waals surface area contributed by atoms with Gasteiger partial charge in [-0.3, -0.25) is 0 Å². The summed E-state index contributed by atoms with van der Waals surface area (Å²) in [7, 11) is 0. The van der Waals surface area contributed by atoms with E-state index in [0.717, 1.165) is 24.5 Å². The van der Waals surface area contributed by atoms with Gasteiger partial charge in [0.2, 0.25) is 0 Å². The zero-order valence-electron chi connectivity index (χ0n) is 9.63. The fourth-order valence-electron chi connectivity index (χ4n) is 1.13. The van der Waals surface area contributed by atoms with E-state index in [1.165, 1.54) is 0 Å². The molecule has 0 aliphatic carbocycles. The van der Waals surface area contributed by atoms with Crippen LogP contribution in [-0.4, -0.2) is 35.2 Å². The van der Waals surface area contributed by atoms with Gasteiger partial charge in [0.25, 0.3) is 0 Å². The van der Waals surface area contributed by atoms with Crippen LogP contribution < -0.4 is 0 Å². The Hall–Kier alpha value is -0.580. The fraction of sp³-hybridized carbons (Fsp3) is 0.583. The summed E-state index contributed by atoms with van der Waals surface area (Å²) in [6, 6.07) is 5.77. The van der Waals surface area contributed by atoms with Crippen LogP contribution in [0.2, 0.25) is 0 Å². The SMILES string of the molecule is CCCCOC[C@H](O)CSc1ccccn1. The summed E-state index contributed by atoms with van der Waals surface area (Å²) in [5.74, 6) is 0.628. The molecule has 16 heavy (non-hydrogen) atoms. The van der Waals surface area contributed by atoms with Crippen molar-refractivity contribution in [2.45, 2.75) is 30.9 Å². The molecule has 90 valence electrons. The number of thioether (sulfide) groups is 1. The molecule has 0 saturated carbocycles. The molecule has 0 spiro atoms. The van der Waals surface area contributed by atoms with Crippen molar-refractivity contribution in [2.75, 3.05) is 19.0 Å². The predicted molar refractivity (Wildman–Crippen MR) is 66.7 cm³/mol. The lowest BCUT2D eigenvalue weighted by Gasteiger charge is -2.10. The van der Waals surface area contributed by atoms with Gasteiger partial charge in [-0.1, -0.05) is 19.4 Å². The van der Waals surface area contributed by atoms with Crippen molar-refractivity contribution in [3.63, 3.8) is 0 Å². The number of aromatic nitrogens is 1. The first kappa shape index (κ1) is 13.5. The molecule has 4 heteroatoms. The van der Waals surface area contributed by atoms with Gasteiger partial charge in [-0.25, -0.2) is 4.98 Å². The van der Waals surface area contributed by atoms with Crippen molar-refractivity contribution < 1.29 is 9.84 Å². The lowest BCUT2D eigenvalue weighted by atomic mass is 10.3. The molecule has 0 aliphatic heterocycles. The summed E-state index contributed by atoms with van der Waals surface area (Å²) in [5, 5.41) is 10.6. The van der Waals surface area contributed by atoms with E-state index in [2.05, 4.69) is 11.9 Å². The van der Waals surface area contributed by atoms with Gasteiger partial charge >= 0.3 is 0 Å². The van der Waals surface area contributed by atoms with E-state index in [9.17, 15) is 5.11 Å². The molecule has 0 aliphatic rings. The minimum Gasteiger partial charge on any atom is -0.390 e. The van der Waals surface area contributed by atoms with Gasteiger partial charge in [-0.05, 0) is 18.6 Å². The Bertz CT molecular complexity index is 269. The summed E-state index contributed by atoms with van der Waals surface area (Å²) in [5.41, 5.74) is 0. The lowest BCUT2D eigenvalue weighted by molar-refractivity contribution is 0.0473. The number of unbranched alkanes of at least 4 members (excludes halogenated alkanes) is 1. The number of nitrogens with zero attached hydrogens (tertiary/aromatic N) is 1. The third-order valence-corrected chi connectivity index (χ3v) is 3.10. The van der Waals surface area contributed by atoms with Crippen molar-refractivity contribution in [3.8, 4) is 0 Å². The smallest absolute Gasteiger partial charge is 0.0960 e. The average Bonchev–Trinajstić information content (AvgIpc) is 2.33. The zero-order valence-corrected chi connectivity index (χ0v) is 10.4. The summed E-state index contributed by atoms with van der Waals surface area (Å²) >= 11 is 1.55. The van der Waals surface area contributed by atoms with Gasteiger partial charge in [-0.15, -0.1) is 11.8 Å². The van der Waals surface area contributed by atoms with Crippen molar-refractivity contribution in [1.29, 1.82) is 0 Å². The Balaban J connectivity index is 2.08. The molecule has 0 aromatic carbocycles. The van der Waals surface area contributed by atoms with Crippen molar-refractivity contribution in [2.24, 2.45) is 0 Å². The monoisotopic (exact) mass is 241 g/mol. The zero-order chi connectivity index (χ0) is 11.6. The molecule has 0 saturated heterocycles. The normalized spacial score (nSPS) is 12.6. The van der Waals surface area contributed by atoms with Gasteiger partial charge < -0.3 is 9.84 Å². The second-order valence-electron chi connectivity index (χ2n) is 3.56. The highest BCUT2D eigenvalue weighted by atomic mass is 32.2. The van der Waals surface area contributed by atoms with E-state index in [1.54, 1.807) is 18.0 Å². The Morgan fingerprint density at radius 2 is 2.38 bits per heavy atom. The molecule has 1 atom stereocenters. The summed E-state index contributed by atoms with van der Waals surface area (Å²) in [6.45, 7) is 3.28. The van der Waals surface area contributed by atoms with Gasteiger partial charge in [-0.2, -0.15) is 0 Å². The van der Waals surface area contributed by atoms with E-state index < -0.39 is 6.10 Å². The minimum absolute atomic E-state index is 0.413. The van der Waals surface area contributed by atoms with Crippen LogP contribution in [0.25, 0.3) is 0 Å². The molecule has 1 aromatic rings. The lowest BCUT2D eigenvalue weighted by Crippen LogP contribution is -2.18. The number of aliphatic hydroxyl groups is 1. The Kier molecular flexibility index (Phi) is 7.21. The first-order valence-electron chi connectivity index (χ1n) is 5.62. The molecule has 3 nitrogen and oxygen atoms in total. The van der Waals surface area contributed by atoms with Crippen LogP contribution in [0.1, 0.15) is 19.8 Å². The van der Waals surface area contributed by atoms with E-state index in [4.69, 9.17) is 4.74 Å². The summed E-state index contributed by atoms with van der Waals surface area (Å²) in [6.07, 6.45) is 3.52. The van der Waals surface area contributed by atoms with E-state index >= 15 is 0 Å². The maximum Gasteiger partial charge on any atom is 0.0960 e. The maximum atomic E-state index is 9.64. The van der Waals surface area contributed by atoms with E-state index in [-0.39, 0.29) is 0 Å². The molecule has 1 aromatic heterocycles. The highest BCUT2D eigenvalue weighted by Crippen LogP contribution is 2.15. The highest BCUT2D eigenvalue weighted by molar-refractivity contribution is 7.99. The van der Waals surface area contributed by atoms with Crippen molar-refractivity contribution >= 4 is 11.8 Å². The van der Waals surface area contributed by atoms with Gasteiger partial charge in [0.15, 0.2) is 0 Å². The molecule has 1 heterocycles. The number of rotatable bonds is 8. The standard InChI is InChI=1S/C12H19NO2S/c1-2-3-8-15-9-11(14)10-16-12-6-4-5-7-13-12/h4-7,11,14H,2-3,8-10H2,1H3/t11-/m0/s1. The Morgan fingerprint density at radius 1 is 1.50 bits per heavy atom. The Labute approximate surface area is 101 Å². The molecule has 1 N–H and O–H groups in total. The van der Waals surface area contributed by atoms with Gasteiger partial charge in [0.05, 0.1) is 17.7 Å². The first-order chi connectivity index (χ1) is 7.83. The van der Waals surface area contributed by atoms with Crippen LogP contribution in [0.5, 0.6) is 0 Å². The molecule has 0 fully saturated rings. The third kappa shape index (κ3) is 6.10. The maximum absolute atomic E-state index is 9.64. The molecular formula is C12H19NO2S. The minimum atomic E-state index is -0.413. The molecule has 0 bridgehead atoms. The van der Waals surface area contributed by atoms with Gasteiger partial charge in [0, 0.05) is 18.6 Å². The molecule has 1 rings (SSSR count). The summed E-state index contributed by atoms with van der Waals surface area (Å²) < 4.78 is 5.34. The van der Waals surface area contributed by atoms with E-state index in [1.807, 2.05) is 18.2 Å². The van der Waals surface area contributed by atoms with Crippen LogP contribution in [0, 0.1) is 0 Å². The third-order valence-electron chi connectivity index (χ3n) is 2.01. The van der Waals surface area contributed by atoms with Crippen LogP contribution in [0.4, 0.5) is 0 Å². The van der Waals surface area contributed by atoms with Crippen molar-refractivity contribution in [3.05, 3.63) is 24.4 Å². The van der Waals surface area contributed by atoms with E-state index in [0.29, 0.717) is 12.4 Å². The fourth-order valence-corrected chi connectivity index (χ4v) is 1.90.